The number of fused-ring (bicyclic) bond motifs is 1. The van der Waals surface area contributed by atoms with Crippen molar-refractivity contribution in [2.75, 3.05) is 18.5 Å². The molecule has 176 valence electrons. The van der Waals surface area contributed by atoms with Gasteiger partial charge in [-0.1, -0.05) is 24.1 Å². The Morgan fingerprint density at radius 1 is 1.14 bits per heavy atom. The van der Waals surface area contributed by atoms with Crippen LogP contribution in [0.1, 0.15) is 25.6 Å². The molecule has 0 saturated carbocycles. The fourth-order valence-corrected chi connectivity index (χ4v) is 5.68. The lowest BCUT2D eigenvalue weighted by molar-refractivity contribution is -0.127. The van der Waals surface area contributed by atoms with Crippen molar-refractivity contribution in [3.63, 3.8) is 0 Å². The number of imidazole rings is 1. The largest absolute Gasteiger partial charge is 0.457 e. The second-order valence-corrected chi connectivity index (χ2v) is 9.26. The van der Waals surface area contributed by atoms with E-state index in [1.165, 1.54) is 0 Å². The maximum Gasteiger partial charge on any atom is 0.299 e. The summed E-state index contributed by atoms with van der Waals surface area (Å²) in [6, 6.07) is 17.4. The quantitative estimate of drug-likeness (QED) is 0.405. The van der Waals surface area contributed by atoms with Crippen molar-refractivity contribution >= 4 is 29.0 Å². The average molecular weight is 484 g/mol. The molecule has 5 rings (SSSR count). The fraction of sp³-hybridized carbons (Fsp3) is 0.222. The first-order valence-corrected chi connectivity index (χ1v) is 12.6. The molecule has 4 aromatic rings. The third kappa shape index (κ3) is 3.98. The van der Waals surface area contributed by atoms with Crippen LogP contribution in [-0.2, 0) is 9.67 Å². The van der Waals surface area contributed by atoms with Crippen molar-refractivity contribution in [2.24, 2.45) is 0 Å². The highest BCUT2D eigenvalue weighted by Crippen LogP contribution is 2.48. The lowest BCUT2D eigenvalue weighted by Gasteiger charge is -2.34. The van der Waals surface area contributed by atoms with Crippen molar-refractivity contribution in [3.05, 3.63) is 72.8 Å². The lowest BCUT2D eigenvalue weighted by Crippen LogP contribution is -2.43. The predicted molar refractivity (Wildman–Crippen MR) is 139 cm³/mol. The molecule has 7 nitrogen and oxygen atoms in total. The van der Waals surface area contributed by atoms with Crippen LogP contribution in [0.4, 0.5) is 5.82 Å². The smallest absolute Gasteiger partial charge is 0.299 e. The Labute approximate surface area is 208 Å². The molecule has 0 aliphatic carbocycles. The molecule has 1 aliphatic rings. The van der Waals surface area contributed by atoms with Crippen LogP contribution >= 0.6 is 11.8 Å². The monoisotopic (exact) mass is 483 g/mol. The third-order valence-electron chi connectivity index (χ3n) is 6.19. The Hall–Kier alpha value is -3.96. The Morgan fingerprint density at radius 3 is 2.60 bits per heavy atom. The van der Waals surface area contributed by atoms with Crippen molar-refractivity contribution < 1.29 is 9.53 Å². The number of nitrogens with zero attached hydrogens (tertiary/aromatic N) is 4. The van der Waals surface area contributed by atoms with Gasteiger partial charge in [0.2, 0.25) is 0 Å². The average Bonchev–Trinajstić information content (AvgIpc) is 3.49. The Balaban J connectivity index is 1.61. The summed E-state index contributed by atoms with van der Waals surface area (Å²) in [5.41, 5.74) is 8.67. The maximum atomic E-state index is 12.9. The molecule has 1 amide bonds. The Bertz CT molecular complexity index is 1440. The number of rotatable bonds is 5. The van der Waals surface area contributed by atoms with Crippen molar-refractivity contribution in [3.8, 4) is 34.6 Å². The highest BCUT2D eigenvalue weighted by Gasteiger charge is 2.48. The Kier molecular flexibility index (Phi) is 6.10. The molecule has 0 spiro atoms. The normalized spacial score (nSPS) is 17.3. The number of ether oxygens (including phenoxy) is 1. The Morgan fingerprint density at radius 2 is 1.89 bits per heavy atom. The van der Waals surface area contributed by atoms with Gasteiger partial charge in [-0.2, -0.15) is 0 Å². The topological polar surface area (TPSA) is 85.8 Å². The van der Waals surface area contributed by atoms with Gasteiger partial charge in [0.05, 0.1) is 0 Å². The van der Waals surface area contributed by atoms with Gasteiger partial charge in [-0.15, -0.1) is 11.8 Å². The van der Waals surface area contributed by atoms with Crippen LogP contribution < -0.4 is 10.5 Å². The minimum Gasteiger partial charge on any atom is -0.457 e. The molecule has 2 aromatic heterocycles. The van der Waals surface area contributed by atoms with Crippen molar-refractivity contribution in [2.45, 2.75) is 24.6 Å². The van der Waals surface area contributed by atoms with Crippen LogP contribution in [0, 0.1) is 11.8 Å². The number of anilines is 1. The van der Waals surface area contributed by atoms with Gasteiger partial charge in [-0.25, -0.2) is 9.97 Å². The lowest BCUT2D eigenvalue weighted by atomic mass is 10.1. The van der Waals surface area contributed by atoms with Gasteiger partial charge in [-0.3, -0.25) is 9.20 Å². The molecule has 0 bridgehead atoms. The van der Waals surface area contributed by atoms with E-state index in [2.05, 4.69) is 16.8 Å². The molecule has 2 N–H and O–H groups in total. The molecular formula is C27H25N5O2S. The molecule has 35 heavy (non-hydrogen) atoms. The van der Waals surface area contributed by atoms with Crippen molar-refractivity contribution in [1.82, 2.24) is 19.3 Å². The van der Waals surface area contributed by atoms with Crippen LogP contribution in [0.25, 0.3) is 16.8 Å². The van der Waals surface area contributed by atoms with Crippen LogP contribution in [0.15, 0.2) is 67.0 Å². The van der Waals surface area contributed by atoms with Crippen LogP contribution in [-0.4, -0.2) is 38.0 Å². The molecule has 1 saturated heterocycles. The maximum absolute atomic E-state index is 12.9. The zero-order chi connectivity index (χ0) is 24.4. The number of amides is 1. The van der Waals surface area contributed by atoms with Gasteiger partial charge in [0.15, 0.2) is 5.82 Å². The second kappa shape index (κ2) is 9.35. The minimum absolute atomic E-state index is 0.193. The summed E-state index contributed by atoms with van der Waals surface area (Å²) in [6.45, 7) is 2.31. The number of carbonyl (C=O) groups is 1. The van der Waals surface area contributed by atoms with Gasteiger partial charge >= 0.3 is 0 Å². The van der Waals surface area contributed by atoms with Gasteiger partial charge < -0.3 is 15.4 Å². The number of hydrogen-bond acceptors (Lipinski definition) is 6. The number of hydrogen-bond donors (Lipinski definition) is 1. The van der Waals surface area contributed by atoms with Gasteiger partial charge in [0.1, 0.15) is 33.4 Å². The van der Waals surface area contributed by atoms with Crippen molar-refractivity contribution in [1.29, 1.82) is 0 Å². The molecule has 8 heteroatoms. The zero-order valence-corrected chi connectivity index (χ0v) is 20.4. The summed E-state index contributed by atoms with van der Waals surface area (Å²) >= 11 is 1.60. The molecule has 1 atom stereocenters. The number of nitrogen functional groups attached to an aromatic ring is 1. The highest BCUT2D eigenvalue weighted by atomic mass is 32.2. The third-order valence-corrected chi connectivity index (χ3v) is 7.47. The highest BCUT2D eigenvalue weighted by molar-refractivity contribution is 7.99. The first-order chi connectivity index (χ1) is 17.1. The molecule has 1 aliphatic heterocycles. The van der Waals surface area contributed by atoms with Gasteiger partial charge in [-0.05, 0) is 68.3 Å². The molecule has 2 aromatic carbocycles. The number of aromatic nitrogens is 3. The first kappa shape index (κ1) is 22.8. The number of para-hydroxylation sites is 1. The summed E-state index contributed by atoms with van der Waals surface area (Å²) < 4.78 is 7.91. The fourth-order valence-electron chi connectivity index (χ4n) is 4.61. The summed E-state index contributed by atoms with van der Waals surface area (Å²) in [7, 11) is 0. The van der Waals surface area contributed by atoms with E-state index in [1.54, 1.807) is 24.9 Å². The first-order valence-electron chi connectivity index (χ1n) is 11.3. The van der Waals surface area contributed by atoms with Crippen LogP contribution in [0.3, 0.4) is 0 Å². The molecule has 3 heterocycles. The number of likely N-dealkylation sites (tertiary alicyclic amines) is 1. The number of benzene rings is 2. The van der Waals surface area contributed by atoms with E-state index in [4.69, 9.17) is 15.5 Å². The minimum atomic E-state index is -0.647. The van der Waals surface area contributed by atoms with E-state index in [0.717, 1.165) is 35.7 Å². The molecule has 0 unspecified atom stereocenters. The van der Waals surface area contributed by atoms with Gasteiger partial charge in [0, 0.05) is 24.5 Å². The summed E-state index contributed by atoms with van der Waals surface area (Å²) in [4.78, 5) is 23.5. The number of thioether (sulfide) groups is 1. The molecule has 0 radical (unpaired) electrons. The van der Waals surface area contributed by atoms with Crippen LogP contribution in [0.5, 0.6) is 11.5 Å². The van der Waals surface area contributed by atoms with E-state index >= 15 is 0 Å². The summed E-state index contributed by atoms with van der Waals surface area (Å²) in [5.74, 6) is 7.87. The standard InChI is InChI=1S/C27H25N5O2S/c1-3-8-22(33)32-17-7-15-27(32,35-2)26-30-23(24-25(28)29-16-18-31(24)26)19-11-13-21(14-12-19)34-20-9-5-4-6-10-20/h4-6,9-14,16,18H,7,15,17H2,1-2H3,(H2,28,29)/t27-/m1/s1. The summed E-state index contributed by atoms with van der Waals surface area (Å²) in [5, 5.41) is 0. The van der Waals surface area contributed by atoms with Crippen LogP contribution in [0.2, 0.25) is 0 Å². The van der Waals surface area contributed by atoms with Gasteiger partial charge in [0.25, 0.3) is 5.91 Å². The number of carbonyl (C=O) groups excluding carboxylic acids is 1. The second-order valence-electron chi connectivity index (χ2n) is 8.18. The predicted octanol–water partition coefficient (Wildman–Crippen LogP) is 4.93. The SMILES string of the molecule is CC#CC(=O)N1CCC[C@@]1(SC)c1nc(-c2ccc(Oc3ccccc3)cc2)c2c(N)nccn12. The molecule has 1 fully saturated rings. The zero-order valence-electron chi connectivity index (χ0n) is 19.6. The van der Waals surface area contributed by atoms with E-state index in [9.17, 15) is 4.79 Å². The molecular weight excluding hydrogens is 458 g/mol. The number of nitrogens with two attached hydrogens (primary N) is 1. The van der Waals surface area contributed by atoms with E-state index in [0.29, 0.717) is 23.6 Å². The summed E-state index contributed by atoms with van der Waals surface area (Å²) in [6.07, 6.45) is 7.17. The van der Waals surface area contributed by atoms with E-state index < -0.39 is 4.87 Å². The van der Waals surface area contributed by atoms with E-state index in [-0.39, 0.29) is 5.91 Å². The van der Waals surface area contributed by atoms with E-state index in [1.807, 2.05) is 76.4 Å².